The monoisotopic (exact) mass is 429 g/mol. The lowest BCUT2D eigenvalue weighted by Crippen LogP contribution is -1.92. The van der Waals surface area contributed by atoms with Crippen molar-refractivity contribution in [1.82, 2.24) is 0 Å². The summed E-state index contributed by atoms with van der Waals surface area (Å²) in [5.41, 5.74) is 3.79. The van der Waals surface area contributed by atoms with Crippen LogP contribution in [0.4, 0.5) is 11.4 Å². The Labute approximate surface area is 196 Å². The molecule has 3 aromatic rings. The highest BCUT2D eigenvalue weighted by molar-refractivity contribution is 5.95. The van der Waals surface area contributed by atoms with Gasteiger partial charge in [-0.05, 0) is 42.0 Å². The van der Waals surface area contributed by atoms with Crippen molar-refractivity contribution in [3.8, 4) is 0 Å². The molecular weight excluding hydrogens is 386 g/mol. The fraction of sp³-hybridized carbons (Fsp3) is 0.484. The number of rotatable bonds is 16. The number of fused-ring (bicyclic) bond motifs is 1. The van der Waals surface area contributed by atoms with Gasteiger partial charge in [-0.2, -0.15) is 0 Å². The summed E-state index contributed by atoms with van der Waals surface area (Å²) in [6, 6.07) is 24.0. The summed E-state index contributed by atoms with van der Waals surface area (Å²) < 4.78 is 0. The molecule has 0 heterocycles. The lowest BCUT2D eigenvalue weighted by atomic mass is 10.0. The second kappa shape index (κ2) is 14.7. The van der Waals surface area contributed by atoms with Crippen LogP contribution in [-0.4, -0.2) is 0 Å². The van der Waals surface area contributed by atoms with Gasteiger partial charge in [-0.15, -0.1) is 0 Å². The summed E-state index contributed by atoms with van der Waals surface area (Å²) in [6.45, 7) is 2.29. The highest BCUT2D eigenvalue weighted by atomic mass is 14.9. The fourth-order valence-electron chi connectivity index (χ4n) is 4.59. The first kappa shape index (κ1) is 24.4. The molecule has 0 atom stereocenters. The minimum Gasteiger partial charge on any atom is -0.355 e. The van der Waals surface area contributed by atoms with Crippen LogP contribution in [-0.2, 0) is 6.42 Å². The van der Waals surface area contributed by atoms with Gasteiger partial charge < -0.3 is 5.32 Å². The molecule has 0 saturated heterocycles. The smallest absolute Gasteiger partial charge is 0.0463 e. The van der Waals surface area contributed by atoms with Crippen molar-refractivity contribution >= 4 is 22.1 Å². The molecule has 0 unspecified atom stereocenters. The first-order valence-corrected chi connectivity index (χ1v) is 13.2. The first-order chi connectivity index (χ1) is 15.9. The van der Waals surface area contributed by atoms with E-state index >= 15 is 0 Å². The van der Waals surface area contributed by atoms with Crippen molar-refractivity contribution in [1.29, 1.82) is 0 Å². The molecule has 0 saturated carbocycles. The van der Waals surface area contributed by atoms with Crippen molar-refractivity contribution < 1.29 is 0 Å². The Hall–Kier alpha value is -2.28. The number of benzene rings is 3. The SMILES string of the molecule is CCCCCCCCCCCCCCCc1ccc(Nc2cccc3ccccc23)cc1. The topological polar surface area (TPSA) is 12.0 Å². The molecule has 0 spiro atoms. The minimum absolute atomic E-state index is 1.16. The zero-order chi connectivity index (χ0) is 22.3. The molecule has 172 valence electrons. The highest BCUT2D eigenvalue weighted by Crippen LogP contribution is 2.26. The molecule has 0 radical (unpaired) electrons. The van der Waals surface area contributed by atoms with Gasteiger partial charge in [0.2, 0.25) is 0 Å². The van der Waals surface area contributed by atoms with Gasteiger partial charge in [0, 0.05) is 16.8 Å². The lowest BCUT2D eigenvalue weighted by molar-refractivity contribution is 0.539. The van der Waals surface area contributed by atoms with E-state index in [1.54, 1.807) is 0 Å². The Morgan fingerprint density at radius 1 is 0.531 bits per heavy atom. The Morgan fingerprint density at radius 2 is 1.09 bits per heavy atom. The van der Waals surface area contributed by atoms with Crippen LogP contribution in [0, 0.1) is 0 Å². The molecule has 0 aromatic heterocycles. The number of unbranched alkanes of at least 4 members (excludes halogenated alkanes) is 12. The van der Waals surface area contributed by atoms with Gasteiger partial charge in [0.15, 0.2) is 0 Å². The van der Waals surface area contributed by atoms with Gasteiger partial charge in [0.05, 0.1) is 0 Å². The average Bonchev–Trinajstić information content (AvgIpc) is 2.83. The van der Waals surface area contributed by atoms with E-state index in [-0.39, 0.29) is 0 Å². The fourth-order valence-corrected chi connectivity index (χ4v) is 4.59. The van der Waals surface area contributed by atoms with E-state index in [2.05, 4.69) is 79.0 Å². The normalized spacial score (nSPS) is 11.2. The van der Waals surface area contributed by atoms with Crippen LogP contribution in [0.15, 0.2) is 66.7 Å². The largest absolute Gasteiger partial charge is 0.355 e. The average molecular weight is 430 g/mol. The summed E-state index contributed by atoms with van der Waals surface area (Å²) >= 11 is 0. The van der Waals surface area contributed by atoms with E-state index in [1.807, 2.05) is 0 Å². The molecule has 1 N–H and O–H groups in total. The van der Waals surface area contributed by atoms with Gasteiger partial charge in [0.1, 0.15) is 0 Å². The van der Waals surface area contributed by atoms with Gasteiger partial charge in [0.25, 0.3) is 0 Å². The summed E-state index contributed by atoms with van der Waals surface area (Å²) in [6.07, 6.45) is 19.6. The summed E-state index contributed by atoms with van der Waals surface area (Å²) in [5.74, 6) is 0. The number of aryl methyl sites for hydroxylation is 1. The number of nitrogens with one attached hydrogen (secondary N) is 1. The van der Waals surface area contributed by atoms with Crippen molar-refractivity contribution in [2.75, 3.05) is 5.32 Å². The molecule has 0 amide bonds. The zero-order valence-electron chi connectivity index (χ0n) is 20.3. The van der Waals surface area contributed by atoms with Gasteiger partial charge >= 0.3 is 0 Å². The van der Waals surface area contributed by atoms with Crippen LogP contribution in [0.1, 0.15) is 96.0 Å². The highest BCUT2D eigenvalue weighted by Gasteiger charge is 2.01. The van der Waals surface area contributed by atoms with E-state index in [0.29, 0.717) is 0 Å². The molecule has 0 fully saturated rings. The second-order valence-electron chi connectivity index (χ2n) is 9.34. The third-order valence-electron chi connectivity index (χ3n) is 6.59. The van der Waals surface area contributed by atoms with Crippen molar-refractivity contribution in [2.45, 2.75) is 96.8 Å². The Morgan fingerprint density at radius 3 is 1.75 bits per heavy atom. The van der Waals surface area contributed by atoms with E-state index in [0.717, 1.165) is 5.69 Å². The van der Waals surface area contributed by atoms with Crippen LogP contribution in [0.2, 0.25) is 0 Å². The van der Waals surface area contributed by atoms with Gasteiger partial charge in [-0.25, -0.2) is 0 Å². The molecule has 0 aliphatic rings. The number of hydrogen-bond acceptors (Lipinski definition) is 1. The van der Waals surface area contributed by atoms with E-state index in [9.17, 15) is 0 Å². The number of hydrogen-bond donors (Lipinski definition) is 1. The first-order valence-electron chi connectivity index (χ1n) is 13.2. The quantitative estimate of drug-likeness (QED) is 0.223. The predicted octanol–water partition coefficient (Wildman–Crippen LogP) is 10.2. The maximum atomic E-state index is 3.59. The van der Waals surface area contributed by atoms with Crippen LogP contribution < -0.4 is 5.32 Å². The van der Waals surface area contributed by atoms with Crippen molar-refractivity contribution in [2.24, 2.45) is 0 Å². The molecule has 3 aromatic carbocycles. The van der Waals surface area contributed by atoms with Crippen LogP contribution in [0.25, 0.3) is 10.8 Å². The van der Waals surface area contributed by atoms with Crippen LogP contribution in [0.3, 0.4) is 0 Å². The molecule has 0 aliphatic heterocycles. The van der Waals surface area contributed by atoms with E-state index in [4.69, 9.17) is 0 Å². The molecule has 0 aliphatic carbocycles. The minimum atomic E-state index is 1.16. The molecular formula is C31H43N. The second-order valence-corrected chi connectivity index (χ2v) is 9.34. The summed E-state index contributed by atoms with van der Waals surface area (Å²) in [4.78, 5) is 0. The van der Waals surface area contributed by atoms with Crippen molar-refractivity contribution in [3.05, 3.63) is 72.3 Å². The lowest BCUT2D eigenvalue weighted by Gasteiger charge is -2.10. The molecule has 0 bridgehead atoms. The summed E-state index contributed by atoms with van der Waals surface area (Å²) in [7, 11) is 0. The Balaban J connectivity index is 1.26. The maximum absolute atomic E-state index is 3.59. The molecule has 3 rings (SSSR count). The van der Waals surface area contributed by atoms with Gasteiger partial charge in [-0.1, -0.05) is 133 Å². The maximum Gasteiger partial charge on any atom is 0.0463 e. The van der Waals surface area contributed by atoms with Crippen molar-refractivity contribution in [3.63, 3.8) is 0 Å². The third-order valence-corrected chi connectivity index (χ3v) is 6.59. The summed E-state index contributed by atoms with van der Waals surface area (Å²) in [5, 5.41) is 6.14. The third kappa shape index (κ3) is 8.69. The Bertz CT molecular complexity index is 875. The van der Waals surface area contributed by atoms with Crippen LogP contribution >= 0.6 is 0 Å². The van der Waals surface area contributed by atoms with Crippen LogP contribution in [0.5, 0.6) is 0 Å². The van der Waals surface area contributed by atoms with E-state index in [1.165, 1.54) is 112 Å². The Kier molecular flexibility index (Phi) is 11.2. The van der Waals surface area contributed by atoms with Gasteiger partial charge in [-0.3, -0.25) is 0 Å². The molecule has 1 heteroatoms. The zero-order valence-corrected chi connectivity index (χ0v) is 20.3. The molecule has 1 nitrogen and oxygen atoms in total. The van der Waals surface area contributed by atoms with E-state index < -0.39 is 0 Å². The number of anilines is 2. The predicted molar refractivity (Wildman–Crippen MR) is 143 cm³/mol. The molecule has 32 heavy (non-hydrogen) atoms. The standard InChI is InChI=1S/C31H43N/c1-2-3-4-5-6-7-8-9-10-11-12-13-14-18-27-23-25-29(26-24-27)32-31-22-17-20-28-19-15-16-21-30(28)31/h15-17,19-26,32H,2-14,18H2,1H3.